The Morgan fingerprint density at radius 2 is 1.75 bits per heavy atom. The lowest BCUT2D eigenvalue weighted by Crippen LogP contribution is -1.98. The maximum absolute atomic E-state index is 5.93. The molecule has 2 heteroatoms. The SMILES string of the molecule is Brc1ccc(OCc2ccccc2)cc1C1CCCC1. The molecule has 2 aromatic carbocycles. The molecule has 1 aliphatic rings. The van der Waals surface area contributed by atoms with Gasteiger partial charge in [-0.25, -0.2) is 0 Å². The summed E-state index contributed by atoms with van der Waals surface area (Å²) in [5, 5.41) is 0. The molecule has 1 saturated carbocycles. The summed E-state index contributed by atoms with van der Waals surface area (Å²) in [4.78, 5) is 0. The lowest BCUT2D eigenvalue weighted by molar-refractivity contribution is 0.305. The van der Waals surface area contributed by atoms with Gasteiger partial charge in [-0.3, -0.25) is 0 Å². The Balaban J connectivity index is 1.72. The highest BCUT2D eigenvalue weighted by Gasteiger charge is 2.19. The Morgan fingerprint density at radius 1 is 1.00 bits per heavy atom. The van der Waals surface area contributed by atoms with Gasteiger partial charge in [0.15, 0.2) is 0 Å². The molecule has 0 heterocycles. The third-order valence-corrected chi connectivity index (χ3v) is 4.73. The van der Waals surface area contributed by atoms with Crippen molar-refractivity contribution in [1.29, 1.82) is 0 Å². The molecular weight excluding hydrogens is 312 g/mol. The van der Waals surface area contributed by atoms with E-state index in [1.807, 2.05) is 24.3 Å². The molecule has 2 aromatic rings. The molecule has 20 heavy (non-hydrogen) atoms. The van der Waals surface area contributed by atoms with Gasteiger partial charge in [0.1, 0.15) is 12.4 Å². The van der Waals surface area contributed by atoms with Crippen LogP contribution in [0, 0.1) is 0 Å². The van der Waals surface area contributed by atoms with Crippen molar-refractivity contribution in [2.45, 2.75) is 38.2 Å². The number of rotatable bonds is 4. The van der Waals surface area contributed by atoms with Crippen molar-refractivity contribution in [3.05, 3.63) is 64.1 Å². The Morgan fingerprint density at radius 3 is 2.50 bits per heavy atom. The molecule has 1 nitrogen and oxygen atoms in total. The van der Waals surface area contributed by atoms with Gasteiger partial charge in [0.25, 0.3) is 0 Å². The van der Waals surface area contributed by atoms with E-state index in [2.05, 4.69) is 40.2 Å². The Kier molecular flexibility index (Phi) is 4.41. The fourth-order valence-corrected chi connectivity index (χ4v) is 3.47. The minimum absolute atomic E-state index is 0.632. The molecule has 0 atom stereocenters. The maximum atomic E-state index is 5.93. The minimum Gasteiger partial charge on any atom is -0.489 e. The van der Waals surface area contributed by atoms with E-state index in [-0.39, 0.29) is 0 Å². The van der Waals surface area contributed by atoms with Gasteiger partial charge in [-0.05, 0) is 48.1 Å². The van der Waals surface area contributed by atoms with Crippen LogP contribution < -0.4 is 4.74 Å². The van der Waals surface area contributed by atoms with Crippen LogP contribution in [0.3, 0.4) is 0 Å². The van der Waals surface area contributed by atoms with Gasteiger partial charge >= 0.3 is 0 Å². The van der Waals surface area contributed by atoms with Crippen molar-refractivity contribution in [1.82, 2.24) is 0 Å². The van der Waals surface area contributed by atoms with Gasteiger partial charge in [0.05, 0.1) is 0 Å². The Hall–Kier alpha value is -1.28. The summed E-state index contributed by atoms with van der Waals surface area (Å²) < 4.78 is 7.15. The third-order valence-electron chi connectivity index (χ3n) is 4.01. The van der Waals surface area contributed by atoms with E-state index in [1.165, 1.54) is 41.3 Å². The standard InChI is InChI=1S/C18H19BrO/c19-18-11-10-16(12-17(18)15-8-4-5-9-15)20-13-14-6-2-1-3-7-14/h1-3,6-7,10-12,15H,4-5,8-9,13H2. The molecule has 0 unspecified atom stereocenters. The molecule has 0 bridgehead atoms. The van der Waals surface area contributed by atoms with Crippen LogP contribution in [0.25, 0.3) is 0 Å². The van der Waals surface area contributed by atoms with Gasteiger partial charge in [-0.2, -0.15) is 0 Å². The van der Waals surface area contributed by atoms with Gasteiger partial charge in [-0.1, -0.05) is 59.1 Å². The first-order valence-electron chi connectivity index (χ1n) is 7.29. The lowest BCUT2D eigenvalue weighted by Gasteiger charge is -2.14. The van der Waals surface area contributed by atoms with E-state index in [0.29, 0.717) is 12.5 Å². The summed E-state index contributed by atoms with van der Waals surface area (Å²) in [5.41, 5.74) is 2.62. The molecule has 3 rings (SSSR count). The largest absolute Gasteiger partial charge is 0.489 e. The molecule has 0 spiro atoms. The first-order chi connectivity index (χ1) is 9.83. The average molecular weight is 331 g/mol. The van der Waals surface area contributed by atoms with E-state index in [0.717, 1.165) is 5.75 Å². The minimum atomic E-state index is 0.632. The van der Waals surface area contributed by atoms with Crippen molar-refractivity contribution >= 4 is 15.9 Å². The smallest absolute Gasteiger partial charge is 0.120 e. The summed E-state index contributed by atoms with van der Waals surface area (Å²) in [6.07, 6.45) is 5.32. The second kappa shape index (κ2) is 6.45. The van der Waals surface area contributed by atoms with Crippen molar-refractivity contribution in [2.75, 3.05) is 0 Å². The molecule has 104 valence electrons. The maximum Gasteiger partial charge on any atom is 0.120 e. The molecule has 0 aromatic heterocycles. The number of hydrogen-bond acceptors (Lipinski definition) is 1. The predicted molar refractivity (Wildman–Crippen MR) is 86.1 cm³/mol. The highest BCUT2D eigenvalue weighted by molar-refractivity contribution is 9.10. The summed E-state index contributed by atoms with van der Waals surface area (Å²) in [6, 6.07) is 16.7. The number of benzene rings is 2. The second-order valence-electron chi connectivity index (χ2n) is 5.44. The zero-order valence-electron chi connectivity index (χ0n) is 11.5. The van der Waals surface area contributed by atoms with Crippen LogP contribution in [0.15, 0.2) is 53.0 Å². The van der Waals surface area contributed by atoms with Crippen LogP contribution in [-0.4, -0.2) is 0 Å². The topological polar surface area (TPSA) is 9.23 Å². The molecule has 0 amide bonds. The molecule has 0 N–H and O–H groups in total. The van der Waals surface area contributed by atoms with Crippen LogP contribution >= 0.6 is 15.9 Å². The van der Waals surface area contributed by atoms with Crippen LogP contribution in [0.4, 0.5) is 0 Å². The fourth-order valence-electron chi connectivity index (χ4n) is 2.90. The molecule has 1 fully saturated rings. The Bertz CT molecular complexity index is 559. The van der Waals surface area contributed by atoms with E-state index in [4.69, 9.17) is 4.74 Å². The normalized spacial score (nSPS) is 15.4. The molecule has 1 aliphatic carbocycles. The van der Waals surface area contributed by atoms with Gasteiger partial charge in [0.2, 0.25) is 0 Å². The molecular formula is C18H19BrO. The average Bonchev–Trinajstić information content (AvgIpc) is 3.01. The summed E-state index contributed by atoms with van der Waals surface area (Å²) in [6.45, 7) is 0.632. The van der Waals surface area contributed by atoms with Crippen LogP contribution in [0.1, 0.15) is 42.7 Å². The number of halogens is 1. The zero-order chi connectivity index (χ0) is 13.8. The first-order valence-corrected chi connectivity index (χ1v) is 8.08. The van der Waals surface area contributed by atoms with E-state index in [9.17, 15) is 0 Å². The quantitative estimate of drug-likeness (QED) is 0.700. The van der Waals surface area contributed by atoms with Crippen molar-refractivity contribution < 1.29 is 4.74 Å². The highest BCUT2D eigenvalue weighted by atomic mass is 79.9. The first kappa shape index (κ1) is 13.7. The number of hydrogen-bond donors (Lipinski definition) is 0. The number of ether oxygens (including phenoxy) is 1. The van der Waals surface area contributed by atoms with Crippen molar-refractivity contribution in [3.8, 4) is 5.75 Å². The van der Waals surface area contributed by atoms with E-state index >= 15 is 0 Å². The fraction of sp³-hybridized carbons (Fsp3) is 0.333. The monoisotopic (exact) mass is 330 g/mol. The summed E-state index contributed by atoms with van der Waals surface area (Å²) in [5.74, 6) is 1.67. The van der Waals surface area contributed by atoms with Crippen LogP contribution in [0.5, 0.6) is 5.75 Å². The highest BCUT2D eigenvalue weighted by Crippen LogP contribution is 2.39. The predicted octanol–water partition coefficient (Wildman–Crippen LogP) is 5.69. The van der Waals surface area contributed by atoms with Gasteiger partial charge in [0, 0.05) is 4.47 Å². The Labute approximate surface area is 129 Å². The van der Waals surface area contributed by atoms with E-state index in [1.54, 1.807) is 0 Å². The molecule has 0 radical (unpaired) electrons. The van der Waals surface area contributed by atoms with Crippen LogP contribution in [0.2, 0.25) is 0 Å². The van der Waals surface area contributed by atoms with Crippen LogP contribution in [-0.2, 0) is 6.61 Å². The summed E-state index contributed by atoms with van der Waals surface area (Å²) >= 11 is 3.68. The second-order valence-corrected chi connectivity index (χ2v) is 6.29. The zero-order valence-corrected chi connectivity index (χ0v) is 13.1. The van der Waals surface area contributed by atoms with Crippen molar-refractivity contribution in [3.63, 3.8) is 0 Å². The van der Waals surface area contributed by atoms with Gasteiger partial charge in [-0.15, -0.1) is 0 Å². The van der Waals surface area contributed by atoms with E-state index < -0.39 is 0 Å². The molecule has 0 saturated heterocycles. The third kappa shape index (κ3) is 3.24. The summed E-state index contributed by atoms with van der Waals surface area (Å²) in [7, 11) is 0. The lowest BCUT2D eigenvalue weighted by atomic mass is 9.97. The van der Waals surface area contributed by atoms with Crippen molar-refractivity contribution in [2.24, 2.45) is 0 Å². The van der Waals surface area contributed by atoms with Gasteiger partial charge < -0.3 is 4.74 Å². The molecule has 0 aliphatic heterocycles.